The van der Waals surface area contributed by atoms with Crippen LogP contribution in [0.5, 0.6) is 17.2 Å². The molecule has 154 valence electrons. The maximum Gasteiger partial charge on any atom is 0.185 e. The summed E-state index contributed by atoms with van der Waals surface area (Å²) in [4.78, 5) is 12.7. The van der Waals surface area contributed by atoms with Crippen LogP contribution in [0.3, 0.4) is 0 Å². The van der Waals surface area contributed by atoms with Crippen LogP contribution in [-0.4, -0.2) is 19.0 Å². The van der Waals surface area contributed by atoms with Crippen LogP contribution < -0.4 is 14.2 Å². The van der Waals surface area contributed by atoms with Gasteiger partial charge in [0.1, 0.15) is 17.2 Å². The molecular weight excluding hydrogens is 364 g/mol. The van der Waals surface area contributed by atoms with Gasteiger partial charge in [0.25, 0.3) is 0 Å². The van der Waals surface area contributed by atoms with Gasteiger partial charge in [-0.3, -0.25) is 4.79 Å². The zero-order valence-electron chi connectivity index (χ0n) is 17.8. The predicted molar refractivity (Wildman–Crippen MR) is 118 cm³/mol. The lowest BCUT2D eigenvalue weighted by Crippen LogP contribution is -2.03. The zero-order valence-corrected chi connectivity index (χ0v) is 17.8. The third kappa shape index (κ3) is 6.24. The fourth-order valence-corrected chi connectivity index (χ4v) is 2.99. The molecule has 0 amide bonds. The van der Waals surface area contributed by atoms with Crippen molar-refractivity contribution < 1.29 is 19.0 Å². The summed E-state index contributed by atoms with van der Waals surface area (Å²) in [5.74, 6) is 2.66. The molecule has 0 unspecified atom stereocenters. The van der Waals surface area contributed by atoms with E-state index in [4.69, 9.17) is 14.2 Å². The van der Waals surface area contributed by atoms with Crippen molar-refractivity contribution in [2.75, 3.05) is 13.2 Å². The van der Waals surface area contributed by atoms with E-state index in [-0.39, 0.29) is 5.78 Å². The Morgan fingerprint density at radius 2 is 1.69 bits per heavy atom. The number of benzene rings is 2. The summed E-state index contributed by atoms with van der Waals surface area (Å²) in [6.07, 6.45) is 5.26. The molecule has 0 saturated heterocycles. The molecule has 2 aromatic rings. The number of ether oxygens (including phenoxy) is 3. The second-order valence-corrected chi connectivity index (χ2v) is 6.61. The summed E-state index contributed by atoms with van der Waals surface area (Å²) in [5.41, 5.74) is 2.50. The highest BCUT2D eigenvalue weighted by atomic mass is 16.5. The monoisotopic (exact) mass is 394 g/mol. The highest BCUT2D eigenvalue weighted by molar-refractivity contribution is 6.07. The summed E-state index contributed by atoms with van der Waals surface area (Å²) in [6, 6.07) is 11.0. The fraction of sp³-hybridized carbons (Fsp3) is 0.320. The van der Waals surface area contributed by atoms with Crippen LogP contribution in [0, 0.1) is 0 Å². The lowest BCUT2D eigenvalue weighted by Gasteiger charge is -2.16. The molecule has 2 aromatic carbocycles. The van der Waals surface area contributed by atoms with Crippen molar-refractivity contribution in [1.29, 1.82) is 0 Å². The second kappa shape index (κ2) is 11.1. The van der Waals surface area contributed by atoms with Crippen LogP contribution in [-0.2, 0) is 6.42 Å². The Labute approximate surface area is 173 Å². The zero-order chi connectivity index (χ0) is 21.2. The molecule has 29 heavy (non-hydrogen) atoms. The first-order valence-corrected chi connectivity index (χ1v) is 10.1. The molecule has 4 heteroatoms. The Morgan fingerprint density at radius 3 is 2.28 bits per heavy atom. The number of carbonyl (C=O) groups is 1. The Bertz CT molecular complexity index is 863. The van der Waals surface area contributed by atoms with E-state index >= 15 is 0 Å². The minimum atomic E-state index is -0.0994. The third-order valence-corrected chi connectivity index (χ3v) is 4.18. The summed E-state index contributed by atoms with van der Waals surface area (Å²) in [6.45, 7) is 12.6. The maximum absolute atomic E-state index is 12.7. The Balaban J connectivity index is 2.34. The summed E-state index contributed by atoms with van der Waals surface area (Å²) in [7, 11) is 0. The molecule has 0 saturated carbocycles. The Morgan fingerprint density at radius 1 is 1.00 bits per heavy atom. The van der Waals surface area contributed by atoms with E-state index in [9.17, 15) is 4.79 Å². The molecule has 0 aromatic heterocycles. The molecule has 0 N–H and O–H groups in total. The summed E-state index contributed by atoms with van der Waals surface area (Å²) in [5, 5.41) is 0. The topological polar surface area (TPSA) is 44.8 Å². The predicted octanol–water partition coefficient (Wildman–Crippen LogP) is 6.25. The lowest BCUT2D eigenvalue weighted by atomic mass is 10.0. The van der Waals surface area contributed by atoms with Crippen molar-refractivity contribution in [2.45, 2.75) is 40.5 Å². The van der Waals surface area contributed by atoms with E-state index in [0.717, 1.165) is 29.7 Å². The van der Waals surface area contributed by atoms with Gasteiger partial charge >= 0.3 is 0 Å². The summed E-state index contributed by atoms with van der Waals surface area (Å²) < 4.78 is 17.2. The first kappa shape index (κ1) is 22.3. The molecule has 0 bridgehead atoms. The highest BCUT2D eigenvalue weighted by Gasteiger charge is 2.14. The molecule has 4 nitrogen and oxygen atoms in total. The average Bonchev–Trinajstić information content (AvgIpc) is 2.69. The fourth-order valence-electron chi connectivity index (χ4n) is 2.99. The van der Waals surface area contributed by atoms with Gasteiger partial charge in [-0.05, 0) is 75.2 Å². The van der Waals surface area contributed by atoms with Crippen molar-refractivity contribution in [1.82, 2.24) is 0 Å². The molecular formula is C25H30O4. The summed E-state index contributed by atoms with van der Waals surface area (Å²) >= 11 is 0. The Hall–Kier alpha value is -3.01. The maximum atomic E-state index is 12.7. The minimum absolute atomic E-state index is 0.0994. The smallest absolute Gasteiger partial charge is 0.185 e. The van der Waals surface area contributed by atoms with Gasteiger partial charge in [-0.2, -0.15) is 0 Å². The quantitative estimate of drug-likeness (QED) is 0.257. The number of hydrogen-bond donors (Lipinski definition) is 0. The lowest BCUT2D eigenvalue weighted by molar-refractivity contribution is 0.104. The van der Waals surface area contributed by atoms with Crippen LogP contribution in [0.15, 0.2) is 54.8 Å². The molecule has 0 aliphatic heterocycles. The van der Waals surface area contributed by atoms with Crippen molar-refractivity contribution in [3.63, 3.8) is 0 Å². The van der Waals surface area contributed by atoms with Crippen molar-refractivity contribution >= 4 is 11.9 Å². The van der Waals surface area contributed by atoms with Gasteiger partial charge in [-0.1, -0.05) is 26.0 Å². The van der Waals surface area contributed by atoms with Gasteiger partial charge < -0.3 is 14.2 Å². The van der Waals surface area contributed by atoms with Crippen molar-refractivity contribution in [2.24, 2.45) is 0 Å². The van der Waals surface area contributed by atoms with E-state index in [1.54, 1.807) is 43.3 Å². The SMILES string of the molecule is C=C(C)Oc1ccc(C(=O)/C=C/c2c(OCC)ccc(CCC)c2OCC)cc1. The van der Waals surface area contributed by atoms with Crippen molar-refractivity contribution in [3.05, 3.63) is 71.5 Å². The van der Waals surface area contributed by atoms with E-state index in [2.05, 4.69) is 13.5 Å². The van der Waals surface area contributed by atoms with Crippen LogP contribution in [0.2, 0.25) is 0 Å². The standard InChI is InChI=1S/C25H30O4/c1-6-9-20-12-17-24(27-7-2)22(25(20)28-8-3)15-16-23(26)19-10-13-21(14-11-19)29-18(4)5/h10-17H,4,6-9H2,1-3,5H3/b16-15+. The molecule has 0 aliphatic rings. The van der Waals surface area contributed by atoms with Gasteiger partial charge in [0.2, 0.25) is 0 Å². The van der Waals surface area contributed by atoms with Crippen LogP contribution >= 0.6 is 0 Å². The molecule has 0 fully saturated rings. The number of rotatable bonds is 11. The molecule has 0 radical (unpaired) electrons. The molecule has 0 aliphatic carbocycles. The normalized spacial score (nSPS) is 10.8. The highest BCUT2D eigenvalue weighted by Crippen LogP contribution is 2.35. The third-order valence-electron chi connectivity index (χ3n) is 4.18. The molecule has 2 rings (SSSR count). The number of hydrogen-bond acceptors (Lipinski definition) is 4. The van der Waals surface area contributed by atoms with Gasteiger partial charge in [-0.25, -0.2) is 0 Å². The minimum Gasteiger partial charge on any atom is -0.493 e. The molecule has 0 heterocycles. The largest absolute Gasteiger partial charge is 0.493 e. The molecule has 0 atom stereocenters. The first-order valence-electron chi connectivity index (χ1n) is 10.1. The van der Waals surface area contributed by atoms with E-state index in [1.807, 2.05) is 26.0 Å². The van der Waals surface area contributed by atoms with Gasteiger partial charge in [0.15, 0.2) is 5.78 Å². The number of carbonyl (C=O) groups excluding carboxylic acids is 1. The van der Waals surface area contributed by atoms with Gasteiger partial charge in [0, 0.05) is 5.56 Å². The number of aryl methyl sites for hydroxylation is 1. The van der Waals surface area contributed by atoms with E-state index in [1.165, 1.54) is 0 Å². The van der Waals surface area contributed by atoms with E-state index in [0.29, 0.717) is 36.0 Å². The van der Waals surface area contributed by atoms with Crippen LogP contribution in [0.1, 0.15) is 55.6 Å². The second-order valence-electron chi connectivity index (χ2n) is 6.61. The van der Waals surface area contributed by atoms with Crippen molar-refractivity contribution in [3.8, 4) is 17.2 Å². The van der Waals surface area contributed by atoms with Gasteiger partial charge in [0.05, 0.1) is 24.5 Å². The van der Waals surface area contributed by atoms with E-state index < -0.39 is 0 Å². The van der Waals surface area contributed by atoms with Crippen LogP contribution in [0.4, 0.5) is 0 Å². The number of ketones is 1. The Kier molecular flexibility index (Phi) is 8.53. The van der Waals surface area contributed by atoms with Gasteiger partial charge in [-0.15, -0.1) is 0 Å². The first-order chi connectivity index (χ1) is 14.0. The average molecular weight is 395 g/mol. The molecule has 0 spiro atoms. The van der Waals surface area contributed by atoms with Crippen LogP contribution in [0.25, 0.3) is 6.08 Å². The number of allylic oxidation sites excluding steroid dienone is 2.